The molecule has 4 heteroatoms. The summed E-state index contributed by atoms with van der Waals surface area (Å²) >= 11 is 0. The summed E-state index contributed by atoms with van der Waals surface area (Å²) in [5, 5.41) is 12.3. The fraction of sp³-hybridized carbons (Fsp3) is 0.562. The standard InChI is InChI=1S/C16H25NO3/c1-12(18)9-16(2,3)11-17-15(19)14-7-5-13(6-8-14)10-20-4/h5-8,12,18H,9-11H2,1-4H3,(H,17,19). The molecule has 0 aliphatic rings. The van der Waals surface area contributed by atoms with E-state index in [1.807, 2.05) is 26.0 Å². The van der Waals surface area contributed by atoms with Crippen LogP contribution < -0.4 is 5.32 Å². The van der Waals surface area contributed by atoms with E-state index in [4.69, 9.17) is 4.74 Å². The van der Waals surface area contributed by atoms with Gasteiger partial charge in [0.25, 0.3) is 5.91 Å². The molecular formula is C16H25NO3. The van der Waals surface area contributed by atoms with Crippen LogP contribution in [-0.4, -0.2) is 30.8 Å². The minimum absolute atomic E-state index is 0.0902. The highest BCUT2D eigenvalue weighted by Gasteiger charge is 2.21. The molecule has 0 saturated heterocycles. The maximum absolute atomic E-state index is 12.0. The second kappa shape index (κ2) is 7.41. The van der Waals surface area contributed by atoms with E-state index in [9.17, 15) is 9.90 Å². The normalized spacial score (nSPS) is 13.1. The van der Waals surface area contributed by atoms with Crippen molar-refractivity contribution in [3.05, 3.63) is 35.4 Å². The van der Waals surface area contributed by atoms with Crippen LogP contribution in [0.4, 0.5) is 0 Å². The Morgan fingerprint density at radius 2 is 1.95 bits per heavy atom. The number of carbonyl (C=O) groups is 1. The van der Waals surface area contributed by atoms with Crippen molar-refractivity contribution in [1.29, 1.82) is 0 Å². The van der Waals surface area contributed by atoms with E-state index in [2.05, 4.69) is 5.32 Å². The zero-order chi connectivity index (χ0) is 15.2. The predicted molar refractivity (Wildman–Crippen MR) is 79.6 cm³/mol. The van der Waals surface area contributed by atoms with Gasteiger partial charge >= 0.3 is 0 Å². The molecule has 0 spiro atoms. The summed E-state index contributed by atoms with van der Waals surface area (Å²) in [5.74, 6) is -0.0902. The third-order valence-corrected chi connectivity index (χ3v) is 3.10. The van der Waals surface area contributed by atoms with Gasteiger partial charge in [-0.3, -0.25) is 4.79 Å². The molecule has 0 radical (unpaired) electrons. The minimum Gasteiger partial charge on any atom is -0.393 e. The Bertz CT molecular complexity index is 424. The van der Waals surface area contributed by atoms with Gasteiger partial charge in [-0.05, 0) is 36.5 Å². The third kappa shape index (κ3) is 5.72. The fourth-order valence-corrected chi connectivity index (χ4v) is 2.21. The summed E-state index contributed by atoms with van der Waals surface area (Å²) in [6, 6.07) is 7.37. The van der Waals surface area contributed by atoms with Crippen LogP contribution in [0.1, 0.15) is 43.1 Å². The van der Waals surface area contributed by atoms with Crippen molar-refractivity contribution in [2.75, 3.05) is 13.7 Å². The number of ether oxygens (including phenoxy) is 1. The van der Waals surface area contributed by atoms with Crippen molar-refractivity contribution in [1.82, 2.24) is 5.32 Å². The van der Waals surface area contributed by atoms with E-state index in [0.717, 1.165) is 5.56 Å². The fourth-order valence-electron chi connectivity index (χ4n) is 2.21. The van der Waals surface area contributed by atoms with Gasteiger partial charge in [-0.15, -0.1) is 0 Å². The summed E-state index contributed by atoms with van der Waals surface area (Å²) in [6.45, 7) is 6.90. The van der Waals surface area contributed by atoms with Crippen LogP contribution in [0.5, 0.6) is 0 Å². The molecular weight excluding hydrogens is 254 g/mol. The van der Waals surface area contributed by atoms with E-state index < -0.39 is 0 Å². The van der Waals surface area contributed by atoms with Crippen molar-refractivity contribution in [3.8, 4) is 0 Å². The molecule has 0 saturated carbocycles. The number of amides is 1. The van der Waals surface area contributed by atoms with E-state index in [0.29, 0.717) is 25.1 Å². The quantitative estimate of drug-likeness (QED) is 0.805. The van der Waals surface area contributed by atoms with Crippen LogP contribution in [0.2, 0.25) is 0 Å². The highest BCUT2D eigenvalue weighted by molar-refractivity contribution is 5.94. The Kier molecular flexibility index (Phi) is 6.17. The monoisotopic (exact) mass is 279 g/mol. The number of carbonyl (C=O) groups excluding carboxylic acids is 1. The van der Waals surface area contributed by atoms with Crippen molar-refractivity contribution >= 4 is 5.91 Å². The molecule has 0 fully saturated rings. The Hall–Kier alpha value is -1.39. The predicted octanol–water partition coefficient (Wildman–Crippen LogP) is 2.36. The number of methoxy groups -OCH3 is 1. The molecule has 4 nitrogen and oxygen atoms in total. The van der Waals surface area contributed by atoms with Crippen molar-refractivity contribution in [2.24, 2.45) is 5.41 Å². The Morgan fingerprint density at radius 3 is 2.45 bits per heavy atom. The first-order valence-corrected chi connectivity index (χ1v) is 6.88. The first-order valence-electron chi connectivity index (χ1n) is 6.88. The zero-order valence-corrected chi connectivity index (χ0v) is 12.8. The Morgan fingerprint density at radius 1 is 1.35 bits per heavy atom. The Labute approximate surface area is 121 Å². The lowest BCUT2D eigenvalue weighted by Crippen LogP contribution is -2.35. The highest BCUT2D eigenvalue weighted by atomic mass is 16.5. The van der Waals surface area contributed by atoms with Gasteiger partial charge in [0, 0.05) is 19.2 Å². The van der Waals surface area contributed by atoms with Gasteiger partial charge in [-0.1, -0.05) is 26.0 Å². The first-order chi connectivity index (χ1) is 9.34. The average Bonchev–Trinajstić information content (AvgIpc) is 2.36. The molecule has 1 amide bonds. The van der Waals surface area contributed by atoms with E-state index in [-0.39, 0.29) is 17.4 Å². The largest absolute Gasteiger partial charge is 0.393 e. The molecule has 112 valence electrons. The SMILES string of the molecule is COCc1ccc(C(=O)NCC(C)(C)CC(C)O)cc1. The van der Waals surface area contributed by atoms with E-state index in [1.54, 1.807) is 26.2 Å². The van der Waals surface area contributed by atoms with Gasteiger partial charge in [0.05, 0.1) is 12.7 Å². The molecule has 0 bridgehead atoms. The minimum atomic E-state index is -0.366. The van der Waals surface area contributed by atoms with E-state index in [1.165, 1.54) is 0 Å². The molecule has 0 aliphatic heterocycles. The van der Waals surface area contributed by atoms with Crippen LogP contribution in [0.25, 0.3) is 0 Å². The zero-order valence-electron chi connectivity index (χ0n) is 12.8. The molecule has 2 N–H and O–H groups in total. The first kappa shape index (κ1) is 16.7. The lowest BCUT2D eigenvalue weighted by molar-refractivity contribution is 0.0902. The maximum atomic E-state index is 12.0. The lowest BCUT2D eigenvalue weighted by Gasteiger charge is -2.26. The summed E-state index contributed by atoms with van der Waals surface area (Å²) in [4.78, 5) is 12.0. The molecule has 1 unspecified atom stereocenters. The molecule has 1 aromatic rings. The van der Waals surface area contributed by atoms with Crippen molar-refractivity contribution < 1.29 is 14.6 Å². The number of hydrogen-bond donors (Lipinski definition) is 2. The Balaban J connectivity index is 2.54. The second-order valence-electron chi connectivity index (χ2n) is 6.03. The molecule has 1 rings (SSSR count). The van der Waals surface area contributed by atoms with Gasteiger partial charge < -0.3 is 15.2 Å². The van der Waals surface area contributed by atoms with Gasteiger partial charge in [0.2, 0.25) is 0 Å². The highest BCUT2D eigenvalue weighted by Crippen LogP contribution is 2.21. The van der Waals surface area contributed by atoms with Gasteiger partial charge in [0.1, 0.15) is 0 Å². The smallest absolute Gasteiger partial charge is 0.251 e. The number of aliphatic hydroxyl groups excluding tert-OH is 1. The van der Waals surface area contributed by atoms with Crippen LogP contribution in [0.3, 0.4) is 0 Å². The van der Waals surface area contributed by atoms with Crippen molar-refractivity contribution in [2.45, 2.75) is 39.9 Å². The average molecular weight is 279 g/mol. The van der Waals surface area contributed by atoms with E-state index >= 15 is 0 Å². The summed E-state index contributed by atoms with van der Waals surface area (Å²) in [5.41, 5.74) is 1.55. The molecule has 1 aromatic carbocycles. The molecule has 0 heterocycles. The molecule has 20 heavy (non-hydrogen) atoms. The van der Waals surface area contributed by atoms with Gasteiger partial charge in [-0.2, -0.15) is 0 Å². The van der Waals surface area contributed by atoms with Gasteiger partial charge in [0.15, 0.2) is 0 Å². The van der Waals surface area contributed by atoms with Crippen molar-refractivity contribution in [3.63, 3.8) is 0 Å². The molecule has 1 atom stereocenters. The second-order valence-corrected chi connectivity index (χ2v) is 6.03. The summed E-state index contributed by atoms with van der Waals surface area (Å²) in [7, 11) is 1.64. The van der Waals surface area contributed by atoms with Crippen LogP contribution in [0, 0.1) is 5.41 Å². The molecule has 0 aromatic heterocycles. The van der Waals surface area contributed by atoms with Crippen LogP contribution >= 0.6 is 0 Å². The summed E-state index contributed by atoms with van der Waals surface area (Å²) < 4.78 is 5.03. The number of aliphatic hydroxyl groups is 1. The lowest BCUT2D eigenvalue weighted by atomic mass is 9.87. The van der Waals surface area contributed by atoms with Crippen LogP contribution in [0.15, 0.2) is 24.3 Å². The van der Waals surface area contributed by atoms with Crippen LogP contribution in [-0.2, 0) is 11.3 Å². The van der Waals surface area contributed by atoms with Gasteiger partial charge in [-0.25, -0.2) is 0 Å². The third-order valence-electron chi connectivity index (χ3n) is 3.10. The number of benzene rings is 1. The summed E-state index contributed by atoms with van der Waals surface area (Å²) in [6.07, 6.45) is 0.287. The maximum Gasteiger partial charge on any atom is 0.251 e. The number of nitrogens with one attached hydrogen (secondary N) is 1. The topological polar surface area (TPSA) is 58.6 Å². The molecule has 0 aliphatic carbocycles. The number of rotatable bonds is 7. The number of hydrogen-bond acceptors (Lipinski definition) is 3.